The molecule has 0 fully saturated rings. The molecule has 1 N–H and O–H groups in total. The second kappa shape index (κ2) is 6.83. The molecule has 1 atom stereocenters. The Labute approximate surface area is 127 Å². The van der Waals surface area contributed by atoms with E-state index in [1.807, 2.05) is 12.1 Å². The molecule has 0 spiro atoms. The Morgan fingerprint density at radius 2 is 1.45 bits per heavy atom. The van der Waals surface area contributed by atoms with Crippen LogP contribution in [0.5, 0.6) is 5.75 Å². The van der Waals surface area contributed by atoms with Crippen LogP contribution >= 0.6 is 0 Å². The lowest BCUT2D eigenvalue weighted by atomic mass is 9.88. The molecule has 0 heterocycles. The van der Waals surface area contributed by atoms with Crippen molar-refractivity contribution in [1.29, 1.82) is 0 Å². The van der Waals surface area contributed by atoms with Gasteiger partial charge in [-0.2, -0.15) is 13.2 Å². The predicted octanol–water partition coefficient (Wildman–Crippen LogP) is 4.23. The lowest BCUT2D eigenvalue weighted by Gasteiger charge is -2.18. The lowest BCUT2D eigenvalue weighted by Crippen LogP contribution is -2.07. The first-order chi connectivity index (χ1) is 10.5. The maximum Gasteiger partial charge on any atom is 0.416 e. The van der Waals surface area contributed by atoms with E-state index in [1.54, 1.807) is 19.2 Å². The van der Waals surface area contributed by atoms with Gasteiger partial charge < -0.3 is 9.84 Å². The van der Waals surface area contributed by atoms with E-state index in [-0.39, 0.29) is 12.5 Å². The second-order valence-corrected chi connectivity index (χ2v) is 4.96. The normalized spacial score (nSPS) is 13.0. The molecule has 0 radical (unpaired) electrons. The topological polar surface area (TPSA) is 29.5 Å². The Hall–Kier alpha value is -2.01. The van der Waals surface area contributed by atoms with E-state index in [0.29, 0.717) is 12.2 Å². The number of benzene rings is 2. The van der Waals surface area contributed by atoms with E-state index >= 15 is 0 Å². The molecule has 118 valence electrons. The quantitative estimate of drug-likeness (QED) is 0.895. The van der Waals surface area contributed by atoms with E-state index in [1.165, 1.54) is 12.1 Å². The number of methoxy groups -OCH3 is 1. The van der Waals surface area contributed by atoms with Gasteiger partial charge >= 0.3 is 6.18 Å². The van der Waals surface area contributed by atoms with Crippen LogP contribution in [0.4, 0.5) is 13.2 Å². The summed E-state index contributed by atoms with van der Waals surface area (Å²) in [6.07, 6.45) is -3.90. The van der Waals surface area contributed by atoms with Crippen LogP contribution in [-0.4, -0.2) is 18.8 Å². The number of ether oxygens (including phenoxy) is 1. The Morgan fingerprint density at radius 3 is 1.86 bits per heavy atom. The minimum absolute atomic E-state index is 0.0439. The summed E-state index contributed by atoms with van der Waals surface area (Å²) in [5, 5.41) is 9.24. The van der Waals surface area contributed by atoms with Crippen molar-refractivity contribution < 1.29 is 23.0 Å². The maximum atomic E-state index is 12.6. The van der Waals surface area contributed by atoms with Crippen LogP contribution in [0.3, 0.4) is 0 Å². The minimum atomic E-state index is -4.34. The molecule has 0 aliphatic rings. The highest BCUT2D eigenvalue weighted by molar-refractivity contribution is 5.37. The number of hydrogen-bond acceptors (Lipinski definition) is 2. The molecule has 2 aromatic carbocycles. The van der Waals surface area contributed by atoms with Gasteiger partial charge in [0, 0.05) is 12.5 Å². The van der Waals surface area contributed by atoms with Crippen molar-refractivity contribution in [3.63, 3.8) is 0 Å². The van der Waals surface area contributed by atoms with Crippen LogP contribution in [0, 0.1) is 0 Å². The van der Waals surface area contributed by atoms with Gasteiger partial charge in [0.25, 0.3) is 0 Å². The van der Waals surface area contributed by atoms with Crippen molar-refractivity contribution in [2.45, 2.75) is 18.5 Å². The van der Waals surface area contributed by atoms with E-state index in [2.05, 4.69) is 0 Å². The molecule has 5 heteroatoms. The molecule has 2 rings (SSSR count). The molecule has 0 saturated heterocycles. The van der Waals surface area contributed by atoms with Crippen molar-refractivity contribution >= 4 is 0 Å². The molecule has 2 nitrogen and oxygen atoms in total. The number of aliphatic hydroxyl groups is 1. The zero-order chi connectivity index (χ0) is 16.2. The smallest absolute Gasteiger partial charge is 0.416 e. The highest BCUT2D eigenvalue weighted by atomic mass is 19.4. The molecule has 2 aromatic rings. The average Bonchev–Trinajstić information content (AvgIpc) is 2.52. The Kier molecular flexibility index (Phi) is 5.08. The molecular formula is C17H17F3O2. The Balaban J connectivity index is 2.30. The number of rotatable bonds is 5. The van der Waals surface area contributed by atoms with Gasteiger partial charge in [0.2, 0.25) is 0 Å². The lowest BCUT2D eigenvalue weighted by molar-refractivity contribution is -0.137. The molecule has 0 aliphatic heterocycles. The van der Waals surface area contributed by atoms with Crippen molar-refractivity contribution in [2.75, 3.05) is 13.7 Å². The second-order valence-electron chi connectivity index (χ2n) is 4.96. The van der Waals surface area contributed by atoms with Crippen LogP contribution in [0.2, 0.25) is 0 Å². The molecular weight excluding hydrogens is 293 g/mol. The standard InChI is InChI=1S/C17H17F3O2/c1-22-15-8-4-13(5-9-15)16(10-11-21)12-2-6-14(7-3-12)17(18,19)20/h2-9,16,21H,10-11H2,1H3. The summed E-state index contributed by atoms with van der Waals surface area (Å²) in [4.78, 5) is 0. The third-order valence-corrected chi connectivity index (χ3v) is 3.58. The van der Waals surface area contributed by atoms with Gasteiger partial charge in [0.1, 0.15) is 5.75 Å². The van der Waals surface area contributed by atoms with Crippen molar-refractivity contribution in [3.05, 3.63) is 65.2 Å². The van der Waals surface area contributed by atoms with Crippen molar-refractivity contribution in [2.24, 2.45) is 0 Å². The molecule has 0 amide bonds. The fraction of sp³-hybridized carbons (Fsp3) is 0.294. The van der Waals surface area contributed by atoms with Gasteiger partial charge in [0.05, 0.1) is 12.7 Å². The first kappa shape index (κ1) is 16.4. The van der Waals surface area contributed by atoms with Crippen LogP contribution < -0.4 is 4.74 Å². The molecule has 0 aromatic heterocycles. The Morgan fingerprint density at radius 1 is 0.955 bits per heavy atom. The third kappa shape index (κ3) is 3.80. The molecule has 22 heavy (non-hydrogen) atoms. The summed E-state index contributed by atoms with van der Waals surface area (Å²) >= 11 is 0. The summed E-state index contributed by atoms with van der Waals surface area (Å²) < 4.78 is 43.0. The third-order valence-electron chi connectivity index (χ3n) is 3.58. The highest BCUT2D eigenvalue weighted by Gasteiger charge is 2.30. The maximum absolute atomic E-state index is 12.6. The summed E-state index contributed by atoms with van der Waals surface area (Å²) in [6.45, 7) is -0.0439. The molecule has 0 aliphatic carbocycles. The zero-order valence-electron chi connectivity index (χ0n) is 12.1. The van der Waals surface area contributed by atoms with Crippen LogP contribution in [0.15, 0.2) is 48.5 Å². The van der Waals surface area contributed by atoms with Crippen LogP contribution in [0.25, 0.3) is 0 Å². The van der Waals surface area contributed by atoms with Crippen LogP contribution in [0.1, 0.15) is 29.0 Å². The van der Waals surface area contributed by atoms with E-state index in [9.17, 15) is 18.3 Å². The van der Waals surface area contributed by atoms with Gasteiger partial charge in [-0.05, 0) is 41.8 Å². The molecule has 0 bridgehead atoms. The van der Waals surface area contributed by atoms with Gasteiger partial charge in [-0.3, -0.25) is 0 Å². The SMILES string of the molecule is COc1ccc(C(CCO)c2ccc(C(F)(F)F)cc2)cc1. The van der Waals surface area contributed by atoms with Gasteiger partial charge in [-0.25, -0.2) is 0 Å². The zero-order valence-corrected chi connectivity index (χ0v) is 12.1. The van der Waals surface area contributed by atoms with Gasteiger partial charge in [0.15, 0.2) is 0 Å². The van der Waals surface area contributed by atoms with Crippen LogP contribution in [-0.2, 0) is 6.18 Å². The first-order valence-corrected chi connectivity index (χ1v) is 6.87. The average molecular weight is 310 g/mol. The first-order valence-electron chi connectivity index (χ1n) is 6.87. The van der Waals surface area contributed by atoms with E-state index < -0.39 is 11.7 Å². The predicted molar refractivity (Wildman–Crippen MR) is 78.0 cm³/mol. The molecule has 0 saturated carbocycles. The van der Waals surface area contributed by atoms with Crippen molar-refractivity contribution in [3.8, 4) is 5.75 Å². The highest BCUT2D eigenvalue weighted by Crippen LogP contribution is 2.33. The Bertz CT molecular complexity index is 589. The number of aliphatic hydroxyl groups excluding tert-OH is 1. The van der Waals surface area contributed by atoms with E-state index in [4.69, 9.17) is 4.74 Å². The fourth-order valence-electron chi connectivity index (χ4n) is 2.40. The monoisotopic (exact) mass is 310 g/mol. The largest absolute Gasteiger partial charge is 0.497 e. The van der Waals surface area contributed by atoms with Gasteiger partial charge in [-0.15, -0.1) is 0 Å². The van der Waals surface area contributed by atoms with Crippen molar-refractivity contribution in [1.82, 2.24) is 0 Å². The number of halogens is 3. The summed E-state index contributed by atoms with van der Waals surface area (Å²) in [5.41, 5.74) is 0.996. The number of hydrogen-bond donors (Lipinski definition) is 1. The fourth-order valence-corrected chi connectivity index (χ4v) is 2.40. The minimum Gasteiger partial charge on any atom is -0.497 e. The van der Waals surface area contributed by atoms with Gasteiger partial charge in [-0.1, -0.05) is 24.3 Å². The molecule has 1 unspecified atom stereocenters. The summed E-state index contributed by atoms with van der Waals surface area (Å²) in [6, 6.07) is 12.4. The summed E-state index contributed by atoms with van der Waals surface area (Å²) in [7, 11) is 1.57. The summed E-state index contributed by atoms with van der Waals surface area (Å²) in [5.74, 6) is 0.553. The number of alkyl halides is 3. The van der Waals surface area contributed by atoms with E-state index in [0.717, 1.165) is 23.3 Å².